The number of aromatic nitrogens is 2. The fourth-order valence-electron chi connectivity index (χ4n) is 1.86. The van der Waals surface area contributed by atoms with Crippen LogP contribution < -0.4 is 0 Å². The number of piperidine rings is 1. The Kier molecular flexibility index (Phi) is 2.73. The van der Waals surface area contributed by atoms with Crippen LogP contribution in [0.4, 0.5) is 0 Å². The number of carbonyl (C=O) groups excluding carboxylic acids is 1. The van der Waals surface area contributed by atoms with E-state index >= 15 is 0 Å². The second-order valence-electron chi connectivity index (χ2n) is 3.94. The van der Waals surface area contributed by atoms with Crippen LogP contribution >= 0.6 is 0 Å². The first kappa shape index (κ1) is 10.2. The minimum absolute atomic E-state index is 0.0475. The van der Waals surface area contributed by atoms with Crippen LogP contribution in [0.5, 0.6) is 0 Å². The van der Waals surface area contributed by atoms with Gasteiger partial charge in [-0.2, -0.15) is 0 Å². The Morgan fingerprint density at radius 1 is 1.67 bits per heavy atom. The van der Waals surface area contributed by atoms with Crippen LogP contribution in [-0.4, -0.2) is 44.7 Å². The molecule has 0 bridgehead atoms. The molecule has 1 aliphatic heterocycles. The second kappa shape index (κ2) is 4.02. The Labute approximate surface area is 88.3 Å². The summed E-state index contributed by atoms with van der Waals surface area (Å²) in [7, 11) is 1.79. The molecular weight excluding hydrogens is 194 g/mol. The number of amides is 1. The normalized spacial score (nSPS) is 21.7. The van der Waals surface area contributed by atoms with Crippen LogP contribution in [0.15, 0.2) is 12.5 Å². The van der Waals surface area contributed by atoms with Crippen molar-refractivity contribution in [1.29, 1.82) is 0 Å². The summed E-state index contributed by atoms with van der Waals surface area (Å²) in [5, 5.41) is 9.48. The van der Waals surface area contributed by atoms with E-state index in [1.165, 1.54) is 0 Å². The molecule has 1 aromatic heterocycles. The first-order chi connectivity index (χ1) is 7.18. The topological polar surface area (TPSA) is 58.4 Å². The van der Waals surface area contributed by atoms with Crippen molar-refractivity contribution in [2.45, 2.75) is 18.9 Å². The van der Waals surface area contributed by atoms with Crippen LogP contribution in [0, 0.1) is 0 Å². The quantitative estimate of drug-likeness (QED) is 0.709. The molecule has 0 spiro atoms. The van der Waals surface area contributed by atoms with Gasteiger partial charge in [-0.3, -0.25) is 4.79 Å². The number of hydrogen-bond acceptors (Lipinski definition) is 3. The predicted molar refractivity (Wildman–Crippen MR) is 54.4 cm³/mol. The highest BCUT2D eigenvalue weighted by molar-refractivity contribution is 5.92. The average molecular weight is 209 g/mol. The summed E-state index contributed by atoms with van der Waals surface area (Å²) < 4.78 is 1.70. The Morgan fingerprint density at radius 2 is 2.47 bits per heavy atom. The summed E-state index contributed by atoms with van der Waals surface area (Å²) in [5.74, 6) is -0.0475. The molecule has 5 heteroatoms. The third-order valence-corrected chi connectivity index (χ3v) is 2.72. The Bertz CT molecular complexity index is 361. The largest absolute Gasteiger partial charge is 0.391 e. The zero-order valence-electron chi connectivity index (χ0n) is 8.76. The third kappa shape index (κ3) is 2.02. The maximum atomic E-state index is 12.0. The standard InChI is InChI=1S/C10H15N3O2/c1-12-7-11-5-9(12)10(15)13-4-2-3-8(14)6-13/h5,7-8,14H,2-4,6H2,1H3. The maximum absolute atomic E-state index is 12.0. The van der Waals surface area contributed by atoms with Gasteiger partial charge >= 0.3 is 0 Å². The smallest absolute Gasteiger partial charge is 0.272 e. The van der Waals surface area contributed by atoms with Gasteiger partial charge in [0.15, 0.2) is 0 Å². The molecular formula is C10H15N3O2. The first-order valence-electron chi connectivity index (χ1n) is 5.12. The van der Waals surface area contributed by atoms with Crippen LogP contribution in [0.25, 0.3) is 0 Å². The Morgan fingerprint density at radius 3 is 3.07 bits per heavy atom. The fraction of sp³-hybridized carbons (Fsp3) is 0.600. The molecule has 1 aromatic rings. The molecule has 1 fully saturated rings. The van der Waals surface area contributed by atoms with Crippen molar-refractivity contribution in [2.75, 3.05) is 13.1 Å². The first-order valence-corrected chi connectivity index (χ1v) is 5.12. The molecule has 1 saturated heterocycles. The maximum Gasteiger partial charge on any atom is 0.272 e. The zero-order chi connectivity index (χ0) is 10.8. The van der Waals surface area contributed by atoms with E-state index in [4.69, 9.17) is 0 Å². The lowest BCUT2D eigenvalue weighted by atomic mass is 10.1. The van der Waals surface area contributed by atoms with Gasteiger partial charge in [0.25, 0.3) is 5.91 Å². The number of hydrogen-bond donors (Lipinski definition) is 1. The lowest BCUT2D eigenvalue weighted by Crippen LogP contribution is -2.42. The van der Waals surface area contributed by atoms with Gasteiger partial charge in [0.1, 0.15) is 5.69 Å². The number of imidazole rings is 1. The minimum atomic E-state index is -0.379. The zero-order valence-corrected chi connectivity index (χ0v) is 8.76. The molecule has 1 amide bonds. The highest BCUT2D eigenvalue weighted by Gasteiger charge is 2.24. The van der Waals surface area contributed by atoms with E-state index in [1.807, 2.05) is 0 Å². The number of nitrogens with zero attached hydrogens (tertiary/aromatic N) is 3. The highest BCUT2D eigenvalue weighted by Crippen LogP contribution is 2.13. The monoisotopic (exact) mass is 209 g/mol. The third-order valence-electron chi connectivity index (χ3n) is 2.72. The summed E-state index contributed by atoms with van der Waals surface area (Å²) in [6, 6.07) is 0. The molecule has 1 unspecified atom stereocenters. The molecule has 0 radical (unpaired) electrons. The van der Waals surface area contributed by atoms with E-state index in [-0.39, 0.29) is 12.0 Å². The van der Waals surface area contributed by atoms with Gasteiger partial charge in [-0.05, 0) is 12.8 Å². The number of β-amino-alcohol motifs (C(OH)–C–C–N with tert-alkyl or cyclic N) is 1. The molecule has 82 valence electrons. The van der Waals surface area contributed by atoms with Crippen molar-refractivity contribution in [3.63, 3.8) is 0 Å². The lowest BCUT2D eigenvalue weighted by molar-refractivity contribution is 0.0466. The number of likely N-dealkylation sites (tertiary alicyclic amines) is 1. The minimum Gasteiger partial charge on any atom is -0.391 e. The number of rotatable bonds is 1. The molecule has 1 aliphatic rings. The van der Waals surface area contributed by atoms with Crippen LogP contribution in [0.2, 0.25) is 0 Å². The van der Waals surface area contributed by atoms with Gasteiger partial charge in [0.05, 0.1) is 18.6 Å². The second-order valence-corrected chi connectivity index (χ2v) is 3.94. The number of aryl methyl sites for hydroxylation is 1. The highest BCUT2D eigenvalue weighted by atomic mass is 16.3. The van der Waals surface area contributed by atoms with Gasteiger partial charge in [-0.1, -0.05) is 0 Å². The number of aliphatic hydroxyl groups excluding tert-OH is 1. The lowest BCUT2D eigenvalue weighted by Gasteiger charge is -2.29. The summed E-state index contributed by atoms with van der Waals surface area (Å²) in [6.07, 6.45) is 4.44. The average Bonchev–Trinajstić information content (AvgIpc) is 2.63. The number of aliphatic hydroxyl groups is 1. The van der Waals surface area contributed by atoms with Gasteiger partial charge < -0.3 is 14.6 Å². The number of carbonyl (C=O) groups is 1. The van der Waals surface area contributed by atoms with Crippen molar-refractivity contribution in [3.8, 4) is 0 Å². The summed E-state index contributed by atoms with van der Waals surface area (Å²) in [4.78, 5) is 17.6. The van der Waals surface area contributed by atoms with Crippen molar-refractivity contribution in [1.82, 2.24) is 14.5 Å². The van der Waals surface area contributed by atoms with E-state index in [0.717, 1.165) is 19.4 Å². The van der Waals surface area contributed by atoms with E-state index in [1.54, 1.807) is 29.0 Å². The molecule has 2 heterocycles. The SMILES string of the molecule is Cn1cncc1C(=O)N1CCCC(O)C1. The van der Waals surface area contributed by atoms with Crippen LogP contribution in [0.1, 0.15) is 23.3 Å². The molecule has 1 N–H and O–H groups in total. The van der Waals surface area contributed by atoms with Gasteiger partial charge in [-0.25, -0.2) is 4.98 Å². The van der Waals surface area contributed by atoms with Crippen molar-refractivity contribution in [2.24, 2.45) is 7.05 Å². The van der Waals surface area contributed by atoms with Crippen molar-refractivity contribution < 1.29 is 9.90 Å². The molecule has 0 saturated carbocycles. The van der Waals surface area contributed by atoms with Crippen molar-refractivity contribution in [3.05, 3.63) is 18.2 Å². The summed E-state index contributed by atoms with van der Waals surface area (Å²) in [5.41, 5.74) is 0.573. The van der Waals surface area contributed by atoms with Gasteiger partial charge in [0, 0.05) is 20.1 Å². The van der Waals surface area contributed by atoms with E-state index in [0.29, 0.717) is 12.2 Å². The molecule has 0 aromatic carbocycles. The van der Waals surface area contributed by atoms with Gasteiger partial charge in [-0.15, -0.1) is 0 Å². The van der Waals surface area contributed by atoms with E-state index < -0.39 is 0 Å². The molecule has 0 aliphatic carbocycles. The molecule has 5 nitrogen and oxygen atoms in total. The molecule has 1 atom stereocenters. The summed E-state index contributed by atoms with van der Waals surface area (Å²) >= 11 is 0. The predicted octanol–water partition coefficient (Wildman–Crippen LogP) is 0.0170. The van der Waals surface area contributed by atoms with Crippen LogP contribution in [-0.2, 0) is 7.05 Å². The molecule has 2 rings (SSSR count). The van der Waals surface area contributed by atoms with Crippen molar-refractivity contribution >= 4 is 5.91 Å². The van der Waals surface area contributed by atoms with E-state index in [9.17, 15) is 9.90 Å². The fourth-order valence-corrected chi connectivity index (χ4v) is 1.86. The molecule has 15 heavy (non-hydrogen) atoms. The Hall–Kier alpha value is -1.36. The van der Waals surface area contributed by atoms with Gasteiger partial charge in [0.2, 0.25) is 0 Å². The van der Waals surface area contributed by atoms with Crippen LogP contribution in [0.3, 0.4) is 0 Å². The van der Waals surface area contributed by atoms with E-state index in [2.05, 4.69) is 4.98 Å². The Balaban J connectivity index is 2.11. The summed E-state index contributed by atoms with van der Waals surface area (Å²) in [6.45, 7) is 1.16.